The van der Waals surface area contributed by atoms with E-state index in [0.717, 1.165) is 28.5 Å². The van der Waals surface area contributed by atoms with Gasteiger partial charge in [0.05, 0.1) is 0 Å². The van der Waals surface area contributed by atoms with Crippen molar-refractivity contribution in [3.63, 3.8) is 0 Å². The van der Waals surface area contributed by atoms with Gasteiger partial charge in [-0.25, -0.2) is 0 Å². The van der Waals surface area contributed by atoms with Crippen LogP contribution in [0.5, 0.6) is 5.75 Å². The molecule has 2 nitrogen and oxygen atoms in total. The van der Waals surface area contributed by atoms with Crippen molar-refractivity contribution in [2.24, 2.45) is 0 Å². The number of ether oxygens (including phenoxy) is 1. The second-order valence-corrected chi connectivity index (χ2v) is 5.23. The number of halogens is 1. The predicted molar refractivity (Wildman–Crippen MR) is 86.9 cm³/mol. The van der Waals surface area contributed by atoms with E-state index in [-0.39, 0.29) is 6.10 Å². The summed E-state index contributed by atoms with van der Waals surface area (Å²) in [7, 11) is 0. The summed E-state index contributed by atoms with van der Waals surface area (Å²) in [5.74, 6) is 1.43. The summed E-state index contributed by atoms with van der Waals surface area (Å²) in [4.78, 5) is 4.15. The molecule has 1 aromatic heterocycles. The molecule has 0 fully saturated rings. The maximum absolute atomic E-state index is 6.24. The summed E-state index contributed by atoms with van der Waals surface area (Å²) in [6, 6.07) is 18.2. The number of rotatable bonds is 5. The maximum atomic E-state index is 6.24. The summed E-state index contributed by atoms with van der Waals surface area (Å²) in [5.41, 5.74) is 1.14. The van der Waals surface area contributed by atoms with Gasteiger partial charge >= 0.3 is 0 Å². The Labute approximate surface area is 129 Å². The Kier molecular flexibility index (Phi) is 4.37. The molecule has 2 aromatic carbocycles. The number of benzene rings is 2. The summed E-state index contributed by atoms with van der Waals surface area (Å²) < 4.78 is 6.24. The van der Waals surface area contributed by atoms with Crippen LogP contribution in [-0.2, 0) is 0 Å². The first-order valence-corrected chi connectivity index (χ1v) is 7.52. The monoisotopic (exact) mass is 297 g/mol. The Morgan fingerprint density at radius 3 is 2.67 bits per heavy atom. The van der Waals surface area contributed by atoms with E-state index in [0.29, 0.717) is 5.88 Å². The van der Waals surface area contributed by atoms with Gasteiger partial charge < -0.3 is 4.74 Å². The largest absolute Gasteiger partial charge is 0.485 e. The van der Waals surface area contributed by atoms with Crippen LogP contribution in [0, 0.1) is 0 Å². The van der Waals surface area contributed by atoms with Crippen molar-refractivity contribution < 1.29 is 4.74 Å². The molecule has 3 aromatic rings. The quantitative estimate of drug-likeness (QED) is 0.619. The van der Waals surface area contributed by atoms with Crippen LogP contribution in [0.25, 0.3) is 10.8 Å². The van der Waals surface area contributed by atoms with Crippen LogP contribution in [0.15, 0.2) is 67.0 Å². The van der Waals surface area contributed by atoms with E-state index in [4.69, 9.17) is 16.3 Å². The van der Waals surface area contributed by atoms with Crippen LogP contribution in [0.3, 0.4) is 0 Å². The second kappa shape index (κ2) is 6.59. The normalized spacial score (nSPS) is 12.2. The minimum absolute atomic E-state index is 0.0394. The van der Waals surface area contributed by atoms with Crippen LogP contribution in [0.1, 0.15) is 18.1 Å². The maximum Gasteiger partial charge on any atom is 0.128 e. The fraction of sp³-hybridized carbons (Fsp3) is 0.167. The average molecular weight is 298 g/mol. The van der Waals surface area contributed by atoms with Crippen LogP contribution in [0.4, 0.5) is 0 Å². The number of hydrogen-bond acceptors (Lipinski definition) is 2. The van der Waals surface area contributed by atoms with Gasteiger partial charge in [-0.2, -0.15) is 0 Å². The molecule has 0 amide bonds. The second-order valence-electron chi connectivity index (χ2n) is 4.85. The topological polar surface area (TPSA) is 22.1 Å². The standard InChI is InChI=1S/C18H16ClNO/c19-11-9-17(14-5-2-1-3-6-14)21-18-8-4-7-15-13-20-12-10-16(15)18/h1-8,10,12-13,17H,9,11H2. The van der Waals surface area contributed by atoms with Crippen molar-refractivity contribution in [1.82, 2.24) is 4.98 Å². The van der Waals surface area contributed by atoms with Crippen LogP contribution >= 0.6 is 11.6 Å². The molecule has 0 aliphatic heterocycles. The Morgan fingerprint density at radius 1 is 1.00 bits per heavy atom. The first-order valence-electron chi connectivity index (χ1n) is 6.99. The van der Waals surface area contributed by atoms with E-state index in [1.807, 2.05) is 48.7 Å². The molecule has 1 heterocycles. The van der Waals surface area contributed by atoms with Crippen LogP contribution in [-0.4, -0.2) is 10.9 Å². The van der Waals surface area contributed by atoms with Crippen molar-refractivity contribution in [2.75, 3.05) is 5.88 Å². The Bertz CT molecular complexity index is 709. The molecule has 21 heavy (non-hydrogen) atoms. The van der Waals surface area contributed by atoms with Crippen molar-refractivity contribution in [1.29, 1.82) is 0 Å². The van der Waals surface area contributed by atoms with Crippen molar-refractivity contribution in [3.8, 4) is 5.75 Å². The van der Waals surface area contributed by atoms with E-state index >= 15 is 0 Å². The van der Waals surface area contributed by atoms with Gasteiger partial charge in [-0.3, -0.25) is 4.98 Å². The molecule has 1 atom stereocenters. The third-order valence-electron chi connectivity index (χ3n) is 3.45. The van der Waals surface area contributed by atoms with E-state index in [9.17, 15) is 0 Å². The summed E-state index contributed by atoms with van der Waals surface area (Å²) in [5, 5.41) is 2.15. The van der Waals surface area contributed by atoms with Crippen LogP contribution in [0.2, 0.25) is 0 Å². The van der Waals surface area contributed by atoms with E-state index in [1.165, 1.54) is 0 Å². The smallest absolute Gasteiger partial charge is 0.128 e. The fourth-order valence-corrected chi connectivity index (χ4v) is 2.61. The lowest BCUT2D eigenvalue weighted by atomic mass is 10.1. The van der Waals surface area contributed by atoms with Gasteiger partial charge in [0, 0.05) is 35.5 Å². The Balaban J connectivity index is 1.95. The molecule has 3 rings (SSSR count). The molecule has 1 unspecified atom stereocenters. The van der Waals surface area contributed by atoms with Gasteiger partial charge in [-0.05, 0) is 17.7 Å². The van der Waals surface area contributed by atoms with Crippen molar-refractivity contribution >= 4 is 22.4 Å². The van der Waals surface area contributed by atoms with E-state index in [2.05, 4.69) is 17.1 Å². The first kappa shape index (κ1) is 13.9. The molecule has 0 saturated carbocycles. The van der Waals surface area contributed by atoms with Gasteiger partial charge in [0.2, 0.25) is 0 Å². The van der Waals surface area contributed by atoms with Gasteiger partial charge in [0.1, 0.15) is 11.9 Å². The lowest BCUT2D eigenvalue weighted by molar-refractivity contribution is 0.205. The molecule has 0 N–H and O–H groups in total. The van der Waals surface area contributed by atoms with Gasteiger partial charge in [0.25, 0.3) is 0 Å². The highest BCUT2D eigenvalue weighted by atomic mass is 35.5. The third kappa shape index (κ3) is 3.17. The molecule has 0 aliphatic rings. The fourth-order valence-electron chi connectivity index (χ4n) is 2.41. The van der Waals surface area contributed by atoms with Gasteiger partial charge in [0.15, 0.2) is 0 Å². The van der Waals surface area contributed by atoms with Gasteiger partial charge in [-0.15, -0.1) is 11.6 Å². The van der Waals surface area contributed by atoms with Crippen molar-refractivity contribution in [2.45, 2.75) is 12.5 Å². The highest BCUT2D eigenvalue weighted by Gasteiger charge is 2.14. The van der Waals surface area contributed by atoms with Gasteiger partial charge in [-0.1, -0.05) is 42.5 Å². The zero-order chi connectivity index (χ0) is 14.5. The predicted octanol–water partition coefficient (Wildman–Crippen LogP) is 4.98. The Hall–Kier alpha value is -2.06. The highest BCUT2D eigenvalue weighted by Crippen LogP contribution is 2.30. The molecular formula is C18H16ClNO. The van der Waals surface area contributed by atoms with E-state index in [1.54, 1.807) is 6.20 Å². The highest BCUT2D eigenvalue weighted by molar-refractivity contribution is 6.17. The molecule has 3 heteroatoms. The molecule has 106 valence electrons. The molecule has 0 saturated heterocycles. The summed E-state index contributed by atoms with van der Waals surface area (Å²) in [6.45, 7) is 0. The van der Waals surface area contributed by atoms with Crippen molar-refractivity contribution in [3.05, 3.63) is 72.6 Å². The minimum atomic E-state index is -0.0394. The summed E-state index contributed by atoms with van der Waals surface area (Å²) >= 11 is 5.94. The number of nitrogens with zero attached hydrogens (tertiary/aromatic N) is 1. The first-order chi connectivity index (χ1) is 10.4. The number of hydrogen-bond donors (Lipinski definition) is 0. The SMILES string of the molecule is ClCCC(Oc1cccc2cnccc12)c1ccccc1. The third-order valence-corrected chi connectivity index (χ3v) is 3.67. The number of aromatic nitrogens is 1. The molecule has 0 radical (unpaired) electrons. The molecule has 0 aliphatic carbocycles. The minimum Gasteiger partial charge on any atom is -0.485 e. The zero-order valence-corrected chi connectivity index (χ0v) is 12.3. The lowest BCUT2D eigenvalue weighted by Crippen LogP contribution is -2.08. The lowest BCUT2D eigenvalue weighted by Gasteiger charge is -2.20. The zero-order valence-electron chi connectivity index (χ0n) is 11.6. The van der Waals surface area contributed by atoms with Crippen LogP contribution < -0.4 is 4.74 Å². The number of pyridine rings is 1. The van der Waals surface area contributed by atoms with E-state index < -0.39 is 0 Å². The number of fused-ring (bicyclic) bond motifs is 1. The number of alkyl halides is 1. The molecule has 0 spiro atoms. The Morgan fingerprint density at radius 2 is 1.86 bits per heavy atom. The molecule has 0 bridgehead atoms. The average Bonchev–Trinajstić information content (AvgIpc) is 2.55. The summed E-state index contributed by atoms with van der Waals surface area (Å²) in [6.07, 6.45) is 4.37. The molecular weight excluding hydrogens is 282 g/mol.